The molecule has 1 aliphatic rings. The van der Waals surface area contributed by atoms with E-state index in [1.165, 1.54) is 10.2 Å². The highest BCUT2D eigenvalue weighted by Crippen LogP contribution is 2.35. The van der Waals surface area contributed by atoms with Gasteiger partial charge in [-0.1, -0.05) is 0 Å². The van der Waals surface area contributed by atoms with Crippen LogP contribution in [0.25, 0.3) is 32.8 Å². The standard InChI is InChI=1S/C25H29N5O4S/c1-4-30-19(12-15-8-10-35-24(15)30)22-27-18-11-16(13-20(34-3)21(18)28(22)2)23(31)29-9-6-5-7-17(14-29)26-25(32)33/h8,10-13,17,26H,4-7,9,14H2,1-3H3,(H,32,33)/t17-/m1/s1. The monoisotopic (exact) mass is 495 g/mol. The number of aryl methyl sites for hydroxylation is 2. The normalized spacial score (nSPS) is 16.5. The van der Waals surface area contributed by atoms with Gasteiger partial charge in [0, 0.05) is 43.7 Å². The molecule has 0 spiro atoms. The maximum Gasteiger partial charge on any atom is 0.404 e. The predicted octanol–water partition coefficient (Wildman–Crippen LogP) is 4.55. The van der Waals surface area contributed by atoms with E-state index in [0.717, 1.165) is 42.8 Å². The molecule has 1 aliphatic heterocycles. The minimum absolute atomic E-state index is 0.145. The number of carbonyl (C=O) groups excluding carboxylic acids is 1. The van der Waals surface area contributed by atoms with Crippen LogP contribution in [0.2, 0.25) is 0 Å². The molecule has 0 bridgehead atoms. The molecule has 10 heteroatoms. The molecule has 1 fully saturated rings. The molecule has 184 valence electrons. The Morgan fingerprint density at radius 2 is 2.11 bits per heavy atom. The molecule has 4 heterocycles. The smallest absolute Gasteiger partial charge is 0.404 e. The molecule has 9 nitrogen and oxygen atoms in total. The number of imidazole rings is 1. The van der Waals surface area contributed by atoms with E-state index < -0.39 is 6.09 Å². The summed E-state index contributed by atoms with van der Waals surface area (Å²) in [5.74, 6) is 1.25. The maximum atomic E-state index is 13.5. The van der Waals surface area contributed by atoms with Gasteiger partial charge in [0.1, 0.15) is 16.1 Å². The third-order valence-electron chi connectivity index (χ3n) is 6.74. The van der Waals surface area contributed by atoms with E-state index in [1.807, 2.05) is 17.7 Å². The summed E-state index contributed by atoms with van der Waals surface area (Å²) in [5.41, 5.74) is 3.03. The summed E-state index contributed by atoms with van der Waals surface area (Å²) < 4.78 is 9.98. The first kappa shape index (κ1) is 23.2. The van der Waals surface area contributed by atoms with Crippen LogP contribution in [0.4, 0.5) is 4.79 Å². The molecule has 1 atom stereocenters. The summed E-state index contributed by atoms with van der Waals surface area (Å²) in [6.07, 6.45) is 1.36. The van der Waals surface area contributed by atoms with Crippen molar-refractivity contribution in [3.8, 4) is 17.3 Å². The van der Waals surface area contributed by atoms with Crippen LogP contribution in [0.1, 0.15) is 36.5 Å². The largest absolute Gasteiger partial charge is 0.494 e. The van der Waals surface area contributed by atoms with E-state index in [9.17, 15) is 9.59 Å². The first-order valence-corrected chi connectivity index (χ1v) is 12.7. The summed E-state index contributed by atoms with van der Waals surface area (Å²) >= 11 is 1.71. The van der Waals surface area contributed by atoms with E-state index in [4.69, 9.17) is 14.8 Å². The summed E-state index contributed by atoms with van der Waals surface area (Å²) in [5, 5.41) is 15.0. The zero-order valence-electron chi connectivity index (χ0n) is 20.1. The molecule has 35 heavy (non-hydrogen) atoms. The van der Waals surface area contributed by atoms with Gasteiger partial charge in [-0.3, -0.25) is 4.79 Å². The minimum atomic E-state index is -1.06. The molecule has 4 aromatic rings. The number of carbonyl (C=O) groups is 2. The van der Waals surface area contributed by atoms with Gasteiger partial charge < -0.3 is 29.2 Å². The van der Waals surface area contributed by atoms with Crippen LogP contribution in [0.5, 0.6) is 5.75 Å². The average molecular weight is 496 g/mol. The van der Waals surface area contributed by atoms with Crippen molar-refractivity contribution in [2.75, 3.05) is 20.2 Å². The number of methoxy groups -OCH3 is 1. The van der Waals surface area contributed by atoms with Crippen molar-refractivity contribution in [2.24, 2.45) is 7.05 Å². The summed E-state index contributed by atoms with van der Waals surface area (Å²) in [6.45, 7) is 3.88. The van der Waals surface area contributed by atoms with Gasteiger partial charge >= 0.3 is 6.09 Å². The van der Waals surface area contributed by atoms with Crippen LogP contribution in [0, 0.1) is 0 Å². The molecule has 0 radical (unpaired) electrons. The molecule has 1 aromatic carbocycles. The lowest BCUT2D eigenvalue weighted by Crippen LogP contribution is -2.44. The Morgan fingerprint density at radius 3 is 2.86 bits per heavy atom. The van der Waals surface area contributed by atoms with Crippen molar-refractivity contribution >= 4 is 44.6 Å². The Balaban J connectivity index is 1.55. The molecule has 5 rings (SSSR count). The number of nitrogens with zero attached hydrogens (tertiary/aromatic N) is 4. The van der Waals surface area contributed by atoms with Crippen LogP contribution in [-0.2, 0) is 13.6 Å². The van der Waals surface area contributed by atoms with Gasteiger partial charge in [-0.25, -0.2) is 9.78 Å². The highest BCUT2D eigenvalue weighted by molar-refractivity contribution is 7.16. The SMILES string of the molecule is CCn1c(-c2nc3cc(C(=O)N4CCCC[C@@H](NC(=O)O)C4)cc(OC)c3n2C)cc2ccsc21. The fourth-order valence-electron chi connectivity index (χ4n) is 5.09. The van der Waals surface area contributed by atoms with Crippen molar-refractivity contribution in [2.45, 2.75) is 38.8 Å². The highest BCUT2D eigenvalue weighted by Gasteiger charge is 2.26. The zero-order chi connectivity index (χ0) is 24.7. The Morgan fingerprint density at radius 1 is 1.29 bits per heavy atom. The molecule has 2 amide bonds. The number of hydrogen-bond acceptors (Lipinski definition) is 5. The van der Waals surface area contributed by atoms with Crippen molar-refractivity contribution in [3.05, 3.63) is 35.2 Å². The van der Waals surface area contributed by atoms with Crippen molar-refractivity contribution in [3.63, 3.8) is 0 Å². The molecular formula is C25H29N5O4S. The Labute approximate surface area is 206 Å². The second kappa shape index (κ2) is 9.26. The minimum Gasteiger partial charge on any atom is -0.494 e. The van der Waals surface area contributed by atoms with Gasteiger partial charge in [-0.05, 0) is 55.8 Å². The van der Waals surface area contributed by atoms with Crippen LogP contribution >= 0.6 is 11.3 Å². The van der Waals surface area contributed by atoms with E-state index in [-0.39, 0.29) is 11.9 Å². The number of hydrogen-bond donors (Lipinski definition) is 2. The molecule has 0 unspecified atom stereocenters. The van der Waals surface area contributed by atoms with E-state index in [0.29, 0.717) is 29.9 Å². The van der Waals surface area contributed by atoms with Gasteiger partial charge in [0.25, 0.3) is 5.91 Å². The van der Waals surface area contributed by atoms with Gasteiger partial charge in [0.2, 0.25) is 0 Å². The van der Waals surface area contributed by atoms with E-state index in [2.05, 4.69) is 34.3 Å². The van der Waals surface area contributed by atoms with Crippen LogP contribution in [0.15, 0.2) is 29.6 Å². The van der Waals surface area contributed by atoms with Crippen molar-refractivity contribution in [1.82, 2.24) is 24.3 Å². The number of rotatable bonds is 5. The Kier molecular flexibility index (Phi) is 6.14. The lowest BCUT2D eigenvalue weighted by molar-refractivity contribution is 0.0747. The van der Waals surface area contributed by atoms with Crippen LogP contribution in [0.3, 0.4) is 0 Å². The van der Waals surface area contributed by atoms with Crippen molar-refractivity contribution in [1.29, 1.82) is 0 Å². The molecule has 1 saturated heterocycles. The third-order valence-corrected chi connectivity index (χ3v) is 7.69. The zero-order valence-corrected chi connectivity index (χ0v) is 20.9. The van der Waals surface area contributed by atoms with Crippen molar-refractivity contribution < 1.29 is 19.4 Å². The number of ether oxygens (including phenoxy) is 1. The lowest BCUT2D eigenvalue weighted by atomic mass is 10.1. The number of thiophene rings is 1. The number of nitrogens with one attached hydrogen (secondary N) is 1. The van der Waals surface area contributed by atoms with E-state index in [1.54, 1.807) is 29.4 Å². The predicted molar refractivity (Wildman–Crippen MR) is 136 cm³/mol. The molecular weight excluding hydrogens is 466 g/mol. The van der Waals surface area contributed by atoms with Gasteiger partial charge in [0.05, 0.1) is 18.3 Å². The number of fused-ring (bicyclic) bond motifs is 2. The van der Waals surface area contributed by atoms with Gasteiger partial charge in [-0.2, -0.15) is 0 Å². The van der Waals surface area contributed by atoms with Crippen LogP contribution in [-0.4, -0.2) is 62.4 Å². The van der Waals surface area contributed by atoms with Gasteiger partial charge in [0.15, 0.2) is 5.82 Å². The Hall–Kier alpha value is -3.53. The summed E-state index contributed by atoms with van der Waals surface area (Å²) in [4.78, 5) is 32.5. The van der Waals surface area contributed by atoms with E-state index >= 15 is 0 Å². The Bertz CT molecular complexity index is 1420. The first-order valence-electron chi connectivity index (χ1n) is 11.8. The average Bonchev–Trinajstić information content (AvgIpc) is 3.46. The number of benzene rings is 1. The fourth-order valence-corrected chi connectivity index (χ4v) is 6.06. The topological polar surface area (TPSA) is 102 Å². The summed E-state index contributed by atoms with van der Waals surface area (Å²) in [6, 6.07) is 7.57. The lowest BCUT2D eigenvalue weighted by Gasteiger charge is -2.24. The number of likely N-dealkylation sites (tertiary alicyclic amines) is 1. The molecule has 3 aromatic heterocycles. The first-order chi connectivity index (χ1) is 16.9. The number of aromatic nitrogens is 3. The number of amides is 2. The quantitative estimate of drug-likeness (QED) is 0.423. The number of carboxylic acid groups (broad SMARTS) is 1. The summed E-state index contributed by atoms with van der Waals surface area (Å²) in [7, 11) is 3.56. The molecule has 2 N–H and O–H groups in total. The second-order valence-electron chi connectivity index (χ2n) is 8.89. The highest BCUT2D eigenvalue weighted by atomic mass is 32.1. The van der Waals surface area contributed by atoms with Crippen LogP contribution < -0.4 is 10.1 Å². The molecule has 0 aliphatic carbocycles. The fraction of sp³-hybridized carbons (Fsp3) is 0.400. The third kappa shape index (κ3) is 4.12. The second-order valence-corrected chi connectivity index (χ2v) is 9.78. The maximum absolute atomic E-state index is 13.5. The van der Waals surface area contributed by atoms with Gasteiger partial charge in [-0.15, -0.1) is 11.3 Å². The molecule has 0 saturated carbocycles.